The van der Waals surface area contributed by atoms with Gasteiger partial charge < -0.3 is 10.1 Å². The van der Waals surface area contributed by atoms with Crippen molar-refractivity contribution in [2.24, 2.45) is 0 Å². The standard InChI is InChI=1S/C14H15F2NO5S2/c15-9-1-2-11(16)12(5-9)17-13(18)6-22-14(19)7-23-10-3-4-24(20,21)8-10/h1-2,5,10H,3-4,6-8H2,(H,17,18)/t10-/m1/s1. The zero-order valence-corrected chi connectivity index (χ0v) is 14.1. The van der Waals surface area contributed by atoms with Crippen molar-refractivity contribution >= 4 is 39.2 Å². The molecule has 1 amide bonds. The van der Waals surface area contributed by atoms with Crippen LogP contribution in [0.1, 0.15) is 6.42 Å². The molecule has 24 heavy (non-hydrogen) atoms. The van der Waals surface area contributed by atoms with Crippen LogP contribution < -0.4 is 5.32 Å². The SMILES string of the molecule is O=C(COC(=O)CS[C@@H]1CCS(=O)(=O)C1)Nc1cc(F)ccc1F. The Kier molecular flexibility index (Phi) is 6.16. The van der Waals surface area contributed by atoms with Crippen LogP contribution in [-0.2, 0) is 24.2 Å². The van der Waals surface area contributed by atoms with Crippen LogP contribution in [0.4, 0.5) is 14.5 Å². The molecule has 0 bridgehead atoms. The summed E-state index contributed by atoms with van der Waals surface area (Å²) in [6.45, 7) is -0.641. The molecule has 132 valence electrons. The highest BCUT2D eigenvalue weighted by atomic mass is 32.2. The molecule has 0 saturated carbocycles. The number of rotatable bonds is 6. The van der Waals surface area contributed by atoms with Crippen molar-refractivity contribution in [3.8, 4) is 0 Å². The number of halogens is 2. The van der Waals surface area contributed by atoms with Crippen molar-refractivity contribution in [2.75, 3.05) is 29.2 Å². The Morgan fingerprint density at radius 3 is 2.75 bits per heavy atom. The van der Waals surface area contributed by atoms with E-state index in [1.165, 1.54) is 0 Å². The van der Waals surface area contributed by atoms with E-state index in [4.69, 9.17) is 4.74 Å². The highest BCUT2D eigenvalue weighted by molar-refractivity contribution is 8.02. The van der Waals surface area contributed by atoms with Gasteiger partial charge in [0.25, 0.3) is 5.91 Å². The summed E-state index contributed by atoms with van der Waals surface area (Å²) in [5.41, 5.74) is -0.346. The lowest BCUT2D eigenvalue weighted by atomic mass is 10.3. The van der Waals surface area contributed by atoms with Gasteiger partial charge in [-0.15, -0.1) is 11.8 Å². The predicted octanol–water partition coefficient (Wildman–Crippen LogP) is 1.37. The molecule has 1 N–H and O–H groups in total. The molecular weight excluding hydrogens is 364 g/mol. The lowest BCUT2D eigenvalue weighted by molar-refractivity contribution is -0.144. The van der Waals surface area contributed by atoms with Crippen molar-refractivity contribution in [2.45, 2.75) is 11.7 Å². The molecular formula is C14H15F2NO5S2. The normalized spacial score (nSPS) is 19.0. The molecule has 1 atom stereocenters. The monoisotopic (exact) mass is 379 g/mol. The van der Waals surface area contributed by atoms with E-state index in [1.807, 2.05) is 0 Å². The zero-order valence-electron chi connectivity index (χ0n) is 12.5. The van der Waals surface area contributed by atoms with Gasteiger partial charge in [-0.1, -0.05) is 0 Å². The van der Waals surface area contributed by atoms with Gasteiger partial charge in [0.2, 0.25) is 0 Å². The molecule has 2 rings (SSSR count). The van der Waals surface area contributed by atoms with Crippen molar-refractivity contribution in [3.63, 3.8) is 0 Å². The van der Waals surface area contributed by atoms with Gasteiger partial charge >= 0.3 is 5.97 Å². The van der Waals surface area contributed by atoms with Gasteiger partial charge in [0.1, 0.15) is 11.6 Å². The first-order valence-electron chi connectivity index (χ1n) is 6.98. The summed E-state index contributed by atoms with van der Waals surface area (Å²) >= 11 is 1.16. The lowest BCUT2D eigenvalue weighted by Crippen LogP contribution is -2.22. The third-order valence-corrected chi connectivity index (χ3v) is 6.45. The second kappa shape index (κ2) is 7.93. The summed E-state index contributed by atoms with van der Waals surface area (Å²) < 4.78 is 53.6. The molecule has 0 aromatic heterocycles. The van der Waals surface area contributed by atoms with Crippen LogP contribution in [0.15, 0.2) is 18.2 Å². The lowest BCUT2D eigenvalue weighted by Gasteiger charge is -2.09. The summed E-state index contributed by atoms with van der Waals surface area (Å²) in [7, 11) is -3.01. The van der Waals surface area contributed by atoms with Gasteiger partial charge in [-0.25, -0.2) is 17.2 Å². The summed E-state index contributed by atoms with van der Waals surface area (Å²) in [4.78, 5) is 23.1. The largest absolute Gasteiger partial charge is 0.455 e. The molecule has 1 heterocycles. The van der Waals surface area contributed by atoms with Crippen LogP contribution in [-0.4, -0.2) is 49.4 Å². The molecule has 1 saturated heterocycles. The molecule has 1 aromatic carbocycles. The van der Waals surface area contributed by atoms with E-state index in [-0.39, 0.29) is 28.2 Å². The van der Waals surface area contributed by atoms with Crippen LogP contribution in [0.25, 0.3) is 0 Å². The van der Waals surface area contributed by atoms with Gasteiger partial charge in [0.15, 0.2) is 16.4 Å². The molecule has 1 aromatic rings. The van der Waals surface area contributed by atoms with Crippen molar-refractivity contribution < 1.29 is 31.5 Å². The third kappa shape index (κ3) is 5.75. The number of esters is 1. The van der Waals surface area contributed by atoms with Crippen LogP contribution >= 0.6 is 11.8 Å². The fraction of sp³-hybridized carbons (Fsp3) is 0.429. The van der Waals surface area contributed by atoms with Crippen LogP contribution in [0.5, 0.6) is 0 Å². The summed E-state index contributed by atoms with van der Waals surface area (Å²) in [6, 6.07) is 2.58. The first-order chi connectivity index (χ1) is 11.2. The highest BCUT2D eigenvalue weighted by Gasteiger charge is 2.28. The van der Waals surface area contributed by atoms with Crippen molar-refractivity contribution in [3.05, 3.63) is 29.8 Å². The number of benzene rings is 1. The maximum absolute atomic E-state index is 13.3. The quantitative estimate of drug-likeness (QED) is 0.751. The Morgan fingerprint density at radius 1 is 1.33 bits per heavy atom. The maximum atomic E-state index is 13.3. The summed E-state index contributed by atoms with van der Waals surface area (Å²) in [5, 5.41) is 1.94. The average Bonchev–Trinajstić information content (AvgIpc) is 2.86. The number of amides is 1. The van der Waals surface area contributed by atoms with Crippen molar-refractivity contribution in [1.82, 2.24) is 0 Å². The molecule has 0 unspecified atom stereocenters. The number of carbonyl (C=O) groups excluding carboxylic acids is 2. The Hall–Kier alpha value is -1.68. The molecule has 1 aliphatic rings. The van der Waals surface area contributed by atoms with E-state index in [1.54, 1.807) is 0 Å². The highest BCUT2D eigenvalue weighted by Crippen LogP contribution is 2.24. The Labute approximate surface area is 141 Å². The van der Waals surface area contributed by atoms with E-state index in [9.17, 15) is 26.8 Å². The summed E-state index contributed by atoms with van der Waals surface area (Å²) in [5.74, 6) is -2.95. The average molecular weight is 379 g/mol. The minimum atomic E-state index is -3.01. The van der Waals surface area contributed by atoms with Crippen LogP contribution in [0, 0.1) is 11.6 Å². The van der Waals surface area contributed by atoms with E-state index >= 15 is 0 Å². The second-order valence-corrected chi connectivity index (χ2v) is 8.69. The molecule has 10 heteroatoms. The second-order valence-electron chi connectivity index (χ2n) is 5.17. The predicted molar refractivity (Wildman–Crippen MR) is 85.5 cm³/mol. The number of ether oxygens (including phenoxy) is 1. The molecule has 0 spiro atoms. The van der Waals surface area contributed by atoms with Gasteiger partial charge in [0, 0.05) is 11.3 Å². The maximum Gasteiger partial charge on any atom is 0.316 e. The van der Waals surface area contributed by atoms with Crippen molar-refractivity contribution in [1.29, 1.82) is 0 Å². The van der Waals surface area contributed by atoms with Gasteiger partial charge in [-0.05, 0) is 18.6 Å². The fourth-order valence-electron chi connectivity index (χ4n) is 2.05. The smallest absolute Gasteiger partial charge is 0.316 e. The molecule has 6 nitrogen and oxygen atoms in total. The Morgan fingerprint density at radius 2 is 2.08 bits per heavy atom. The molecule has 0 radical (unpaired) electrons. The molecule has 1 aliphatic heterocycles. The minimum absolute atomic E-state index is 0.0320. The van der Waals surface area contributed by atoms with Gasteiger partial charge in [0.05, 0.1) is 22.9 Å². The number of carbonyl (C=O) groups is 2. The number of thioether (sulfide) groups is 1. The number of nitrogens with one attached hydrogen (secondary N) is 1. The topological polar surface area (TPSA) is 89.5 Å². The summed E-state index contributed by atoms with van der Waals surface area (Å²) in [6.07, 6.45) is 0.486. The number of sulfone groups is 1. The van der Waals surface area contributed by atoms with Gasteiger partial charge in [-0.2, -0.15) is 0 Å². The Balaban J connectivity index is 1.71. The van der Waals surface area contributed by atoms with Crippen LogP contribution in [0.2, 0.25) is 0 Å². The van der Waals surface area contributed by atoms with E-state index in [2.05, 4.69) is 5.32 Å². The number of anilines is 1. The van der Waals surface area contributed by atoms with E-state index in [0.717, 1.165) is 30.0 Å². The molecule has 1 fully saturated rings. The first-order valence-corrected chi connectivity index (χ1v) is 9.85. The number of hydrogen-bond acceptors (Lipinski definition) is 6. The minimum Gasteiger partial charge on any atom is -0.455 e. The van der Waals surface area contributed by atoms with Crippen LogP contribution in [0.3, 0.4) is 0 Å². The molecule has 0 aliphatic carbocycles. The first kappa shape index (κ1) is 18.7. The fourth-order valence-corrected chi connectivity index (χ4v) is 5.48. The van der Waals surface area contributed by atoms with E-state index in [0.29, 0.717) is 6.42 Å². The van der Waals surface area contributed by atoms with E-state index < -0.39 is 40.0 Å². The Bertz CT molecular complexity index is 739. The van der Waals surface area contributed by atoms with Gasteiger partial charge in [-0.3, -0.25) is 9.59 Å². The zero-order chi connectivity index (χ0) is 17.7. The number of hydrogen-bond donors (Lipinski definition) is 1. The third-order valence-electron chi connectivity index (χ3n) is 3.19.